The molecule has 3 amide bonds. The standard InChI is InChI=1S/C7H12N2O2.C6H13NO2/c1-3-4(2)5-6(10)9-7(11)8-5;1-3-4(2)5(7)6(8)9/h4-5H,3H2,1-2H3,(H2,8,9,10,11);4-5H,3,7H2,1-2H3,(H,8,9). The Morgan fingerprint density at radius 2 is 1.85 bits per heavy atom. The Kier molecular flexibility index (Phi) is 7.83. The van der Waals surface area contributed by atoms with E-state index in [0.717, 1.165) is 12.8 Å². The molecule has 1 heterocycles. The van der Waals surface area contributed by atoms with Gasteiger partial charge in [-0.3, -0.25) is 14.9 Å². The van der Waals surface area contributed by atoms with Gasteiger partial charge in [-0.2, -0.15) is 0 Å². The third-order valence-corrected chi connectivity index (χ3v) is 3.56. The molecule has 0 bridgehead atoms. The maximum absolute atomic E-state index is 11.0. The Morgan fingerprint density at radius 3 is 2.10 bits per heavy atom. The number of carboxylic acids is 1. The zero-order valence-corrected chi connectivity index (χ0v) is 12.5. The second kappa shape index (κ2) is 8.52. The highest BCUT2D eigenvalue weighted by atomic mass is 16.4. The minimum Gasteiger partial charge on any atom is -0.480 e. The van der Waals surface area contributed by atoms with Gasteiger partial charge in [0.25, 0.3) is 5.91 Å². The van der Waals surface area contributed by atoms with Crippen LogP contribution in [0.1, 0.15) is 40.5 Å². The topological polar surface area (TPSA) is 122 Å². The molecule has 7 heteroatoms. The van der Waals surface area contributed by atoms with Gasteiger partial charge in [0.15, 0.2) is 0 Å². The van der Waals surface area contributed by atoms with Crippen molar-refractivity contribution in [2.45, 2.75) is 52.6 Å². The fraction of sp³-hybridized carbons (Fsp3) is 0.769. The fourth-order valence-electron chi connectivity index (χ4n) is 1.57. The number of imide groups is 1. The number of urea groups is 1. The molecule has 0 aromatic heterocycles. The van der Waals surface area contributed by atoms with Gasteiger partial charge in [-0.25, -0.2) is 4.79 Å². The van der Waals surface area contributed by atoms with Crippen LogP contribution in [0.2, 0.25) is 0 Å². The van der Waals surface area contributed by atoms with E-state index in [9.17, 15) is 14.4 Å². The van der Waals surface area contributed by atoms with Gasteiger partial charge >= 0.3 is 12.0 Å². The van der Waals surface area contributed by atoms with Crippen LogP contribution in [0.5, 0.6) is 0 Å². The number of nitrogens with two attached hydrogens (primary N) is 1. The lowest BCUT2D eigenvalue weighted by Crippen LogP contribution is -2.36. The molecule has 20 heavy (non-hydrogen) atoms. The van der Waals surface area contributed by atoms with Crippen LogP contribution < -0.4 is 16.4 Å². The molecule has 0 aromatic carbocycles. The van der Waals surface area contributed by atoms with Crippen LogP contribution in [-0.2, 0) is 9.59 Å². The molecule has 0 spiro atoms. The largest absolute Gasteiger partial charge is 0.480 e. The van der Waals surface area contributed by atoms with Gasteiger partial charge in [-0.05, 0) is 11.8 Å². The third-order valence-electron chi connectivity index (χ3n) is 3.56. The summed E-state index contributed by atoms with van der Waals surface area (Å²) in [6, 6.07) is -1.40. The highest BCUT2D eigenvalue weighted by Gasteiger charge is 2.32. The van der Waals surface area contributed by atoms with Gasteiger partial charge in [0.2, 0.25) is 0 Å². The van der Waals surface area contributed by atoms with Crippen molar-refractivity contribution in [1.29, 1.82) is 0 Å². The fourth-order valence-corrected chi connectivity index (χ4v) is 1.57. The Morgan fingerprint density at radius 1 is 1.30 bits per heavy atom. The van der Waals surface area contributed by atoms with Gasteiger partial charge in [0, 0.05) is 0 Å². The van der Waals surface area contributed by atoms with Crippen molar-refractivity contribution in [3.8, 4) is 0 Å². The van der Waals surface area contributed by atoms with Gasteiger partial charge in [0.05, 0.1) is 0 Å². The molecule has 116 valence electrons. The number of aliphatic carboxylic acids is 1. The van der Waals surface area contributed by atoms with Crippen molar-refractivity contribution in [3.05, 3.63) is 0 Å². The molecule has 4 unspecified atom stereocenters. The van der Waals surface area contributed by atoms with Gasteiger partial charge in [0.1, 0.15) is 12.1 Å². The van der Waals surface area contributed by atoms with Crippen molar-refractivity contribution < 1.29 is 19.5 Å². The van der Waals surface area contributed by atoms with Gasteiger partial charge < -0.3 is 16.2 Å². The predicted octanol–water partition coefficient (Wildman–Crippen LogP) is 0.685. The molecule has 1 fully saturated rings. The summed E-state index contributed by atoms with van der Waals surface area (Å²) in [5, 5.41) is 13.1. The summed E-state index contributed by atoms with van der Waals surface area (Å²) in [6.07, 6.45) is 1.70. The summed E-state index contributed by atoms with van der Waals surface area (Å²) < 4.78 is 0. The highest BCUT2D eigenvalue weighted by molar-refractivity contribution is 6.04. The smallest absolute Gasteiger partial charge is 0.322 e. The molecule has 1 saturated heterocycles. The molecule has 1 aliphatic heterocycles. The monoisotopic (exact) mass is 287 g/mol. The Balaban J connectivity index is 0.000000370. The van der Waals surface area contributed by atoms with Crippen LogP contribution in [0.25, 0.3) is 0 Å². The SMILES string of the molecule is CCC(C)C(N)C(=O)O.CCC(C)C1NC(=O)NC1=O. The zero-order valence-electron chi connectivity index (χ0n) is 12.5. The average Bonchev–Trinajstić information content (AvgIpc) is 2.75. The van der Waals surface area contributed by atoms with E-state index < -0.39 is 12.0 Å². The predicted molar refractivity (Wildman–Crippen MR) is 75.0 cm³/mol. The van der Waals surface area contributed by atoms with Crippen molar-refractivity contribution in [1.82, 2.24) is 10.6 Å². The summed E-state index contributed by atoms with van der Waals surface area (Å²) in [6.45, 7) is 7.69. The molecule has 0 radical (unpaired) electrons. The molecule has 5 N–H and O–H groups in total. The summed E-state index contributed by atoms with van der Waals surface area (Å²) >= 11 is 0. The van der Waals surface area contributed by atoms with Crippen molar-refractivity contribution in [2.24, 2.45) is 17.6 Å². The molecule has 0 saturated carbocycles. The molecular formula is C13H25N3O4. The maximum atomic E-state index is 11.0. The number of carbonyl (C=O) groups is 3. The Bertz CT molecular complexity index is 360. The van der Waals surface area contributed by atoms with Crippen molar-refractivity contribution in [3.63, 3.8) is 0 Å². The molecule has 0 aromatic rings. The first-order valence-corrected chi connectivity index (χ1v) is 6.84. The Hall–Kier alpha value is -1.63. The second-order valence-corrected chi connectivity index (χ2v) is 5.08. The summed E-state index contributed by atoms with van der Waals surface area (Å²) in [4.78, 5) is 31.8. The Labute approximate surface area is 119 Å². The quantitative estimate of drug-likeness (QED) is 0.554. The minimum absolute atomic E-state index is 0.0718. The lowest BCUT2D eigenvalue weighted by Gasteiger charge is -2.13. The first kappa shape index (κ1) is 18.4. The second-order valence-electron chi connectivity index (χ2n) is 5.08. The van der Waals surface area contributed by atoms with E-state index in [2.05, 4.69) is 10.6 Å². The van der Waals surface area contributed by atoms with Gasteiger partial charge in [-0.1, -0.05) is 40.5 Å². The highest BCUT2D eigenvalue weighted by Crippen LogP contribution is 2.10. The molecule has 1 rings (SSSR count). The van der Waals surface area contributed by atoms with E-state index in [1.807, 2.05) is 27.7 Å². The van der Waals surface area contributed by atoms with Crippen LogP contribution in [0.3, 0.4) is 0 Å². The molecule has 0 aliphatic carbocycles. The summed E-state index contributed by atoms with van der Waals surface area (Å²) in [5.41, 5.74) is 5.27. The van der Waals surface area contributed by atoms with Crippen LogP contribution >= 0.6 is 0 Å². The molecule has 1 aliphatic rings. The van der Waals surface area contributed by atoms with E-state index in [0.29, 0.717) is 0 Å². The number of amides is 3. The normalized spacial score (nSPS) is 21.9. The number of carbonyl (C=O) groups excluding carboxylic acids is 2. The summed E-state index contributed by atoms with van der Waals surface area (Å²) in [7, 11) is 0. The van der Waals surface area contributed by atoms with E-state index in [4.69, 9.17) is 10.8 Å². The maximum Gasteiger partial charge on any atom is 0.322 e. The van der Waals surface area contributed by atoms with Gasteiger partial charge in [-0.15, -0.1) is 0 Å². The number of nitrogens with one attached hydrogen (secondary N) is 2. The third kappa shape index (κ3) is 5.56. The van der Waals surface area contributed by atoms with Crippen molar-refractivity contribution in [2.75, 3.05) is 0 Å². The lowest BCUT2D eigenvalue weighted by molar-refractivity contribution is -0.139. The van der Waals surface area contributed by atoms with Crippen LogP contribution in [0.4, 0.5) is 4.79 Å². The molecular weight excluding hydrogens is 262 g/mol. The zero-order chi connectivity index (χ0) is 15.9. The summed E-state index contributed by atoms with van der Waals surface area (Å²) in [5.74, 6) is -0.836. The number of rotatable bonds is 5. The first-order chi connectivity index (χ1) is 9.24. The van der Waals surface area contributed by atoms with Crippen LogP contribution in [0.15, 0.2) is 0 Å². The lowest BCUT2D eigenvalue weighted by atomic mass is 10.00. The number of hydrogen-bond acceptors (Lipinski definition) is 4. The van der Waals surface area contributed by atoms with E-state index >= 15 is 0 Å². The van der Waals surface area contributed by atoms with Crippen molar-refractivity contribution >= 4 is 17.9 Å². The molecule has 4 atom stereocenters. The number of carboxylic acid groups (broad SMARTS) is 1. The number of hydrogen-bond donors (Lipinski definition) is 4. The molecule has 7 nitrogen and oxygen atoms in total. The van der Waals surface area contributed by atoms with E-state index in [1.54, 1.807) is 0 Å². The average molecular weight is 287 g/mol. The van der Waals surface area contributed by atoms with E-state index in [1.165, 1.54) is 0 Å². The van der Waals surface area contributed by atoms with Crippen LogP contribution in [-0.4, -0.2) is 35.1 Å². The van der Waals surface area contributed by atoms with E-state index in [-0.39, 0.29) is 29.8 Å². The minimum atomic E-state index is -0.913. The first-order valence-electron chi connectivity index (χ1n) is 6.84. The van der Waals surface area contributed by atoms with Crippen LogP contribution in [0, 0.1) is 11.8 Å².